The summed E-state index contributed by atoms with van der Waals surface area (Å²) >= 11 is 1.49. The number of thiazole rings is 1. The van der Waals surface area contributed by atoms with Gasteiger partial charge in [-0.2, -0.15) is 0 Å². The summed E-state index contributed by atoms with van der Waals surface area (Å²) in [6.07, 6.45) is 0.110. The number of ether oxygens (including phenoxy) is 1. The summed E-state index contributed by atoms with van der Waals surface area (Å²) in [6, 6.07) is 11.3. The molecule has 0 saturated carbocycles. The Bertz CT molecular complexity index is 882. The maximum atomic E-state index is 12.4. The van der Waals surface area contributed by atoms with Crippen LogP contribution in [0.3, 0.4) is 0 Å². The molecule has 2 aromatic carbocycles. The Morgan fingerprint density at radius 1 is 1.17 bits per heavy atom. The Labute approximate surface area is 145 Å². The van der Waals surface area contributed by atoms with E-state index >= 15 is 0 Å². The first-order valence-electron chi connectivity index (χ1n) is 7.88. The molecule has 0 unspecified atom stereocenters. The third-order valence-electron chi connectivity index (χ3n) is 3.54. The average molecular weight is 340 g/mol. The van der Waals surface area contributed by atoms with E-state index in [1.54, 1.807) is 24.3 Å². The van der Waals surface area contributed by atoms with Crippen molar-refractivity contribution in [2.24, 2.45) is 0 Å². The fourth-order valence-corrected chi connectivity index (χ4v) is 3.59. The molecule has 5 heteroatoms. The number of nitrogens with one attached hydrogen (secondary N) is 1. The number of anilines is 1. The highest BCUT2D eigenvalue weighted by atomic mass is 32.1. The van der Waals surface area contributed by atoms with Crippen molar-refractivity contribution >= 4 is 32.6 Å². The number of aromatic nitrogens is 1. The van der Waals surface area contributed by atoms with Gasteiger partial charge in [-0.1, -0.05) is 17.4 Å². The number of hydrogen-bond donors (Lipinski definition) is 1. The molecule has 1 aromatic heterocycles. The van der Waals surface area contributed by atoms with Crippen molar-refractivity contribution < 1.29 is 9.53 Å². The molecule has 0 radical (unpaired) electrons. The zero-order valence-corrected chi connectivity index (χ0v) is 15.0. The SMILES string of the molecule is Cc1cc(C)c2nc(NC(=O)c3ccc(OC(C)C)cc3)sc2c1. The van der Waals surface area contributed by atoms with Crippen LogP contribution in [-0.2, 0) is 0 Å². The standard InChI is InChI=1S/C19H20N2O2S/c1-11(2)23-15-7-5-14(6-8-15)18(22)21-19-20-17-13(4)9-12(3)10-16(17)24-19/h5-11H,1-4H3,(H,20,21,22). The number of aryl methyl sites for hydroxylation is 2. The van der Waals surface area contributed by atoms with E-state index < -0.39 is 0 Å². The molecule has 3 aromatic rings. The molecule has 124 valence electrons. The number of benzene rings is 2. The largest absolute Gasteiger partial charge is 0.491 e. The number of nitrogens with zero attached hydrogens (tertiary/aromatic N) is 1. The molecule has 24 heavy (non-hydrogen) atoms. The van der Waals surface area contributed by atoms with E-state index in [2.05, 4.69) is 29.4 Å². The number of fused-ring (bicyclic) bond motifs is 1. The van der Waals surface area contributed by atoms with Crippen LogP contribution >= 0.6 is 11.3 Å². The van der Waals surface area contributed by atoms with Crippen LogP contribution in [0.15, 0.2) is 36.4 Å². The molecule has 1 amide bonds. The topological polar surface area (TPSA) is 51.2 Å². The minimum Gasteiger partial charge on any atom is -0.491 e. The summed E-state index contributed by atoms with van der Waals surface area (Å²) < 4.78 is 6.68. The second-order valence-corrected chi connectivity index (χ2v) is 7.12. The number of hydrogen-bond acceptors (Lipinski definition) is 4. The van der Waals surface area contributed by atoms with Gasteiger partial charge in [-0.05, 0) is 69.2 Å². The van der Waals surface area contributed by atoms with Gasteiger partial charge in [0.15, 0.2) is 5.13 Å². The molecular formula is C19H20N2O2S. The lowest BCUT2D eigenvalue weighted by Gasteiger charge is -2.09. The highest BCUT2D eigenvalue weighted by Gasteiger charge is 2.12. The van der Waals surface area contributed by atoms with E-state index in [-0.39, 0.29) is 12.0 Å². The van der Waals surface area contributed by atoms with E-state index in [0.717, 1.165) is 21.5 Å². The highest BCUT2D eigenvalue weighted by Crippen LogP contribution is 2.29. The predicted octanol–water partition coefficient (Wildman–Crippen LogP) is 4.95. The molecule has 4 nitrogen and oxygen atoms in total. The fraction of sp³-hybridized carbons (Fsp3) is 0.263. The Hall–Kier alpha value is -2.40. The van der Waals surface area contributed by atoms with Crippen LogP contribution in [0.25, 0.3) is 10.2 Å². The molecule has 0 spiro atoms. The zero-order valence-electron chi connectivity index (χ0n) is 14.2. The third kappa shape index (κ3) is 3.57. The van der Waals surface area contributed by atoms with Crippen molar-refractivity contribution in [1.29, 1.82) is 0 Å². The van der Waals surface area contributed by atoms with Gasteiger partial charge < -0.3 is 4.74 Å². The van der Waals surface area contributed by atoms with E-state index in [1.807, 2.05) is 20.8 Å². The van der Waals surface area contributed by atoms with Crippen LogP contribution in [0.1, 0.15) is 35.3 Å². The second kappa shape index (κ2) is 6.61. The molecule has 0 saturated heterocycles. The van der Waals surface area contributed by atoms with Gasteiger partial charge in [-0.3, -0.25) is 10.1 Å². The molecule has 0 aliphatic heterocycles. The van der Waals surface area contributed by atoms with Crippen molar-refractivity contribution in [2.75, 3.05) is 5.32 Å². The van der Waals surface area contributed by atoms with Crippen molar-refractivity contribution in [3.05, 3.63) is 53.1 Å². The van der Waals surface area contributed by atoms with Crippen LogP contribution in [-0.4, -0.2) is 17.0 Å². The van der Waals surface area contributed by atoms with Gasteiger partial charge in [0.2, 0.25) is 0 Å². The molecule has 1 heterocycles. The van der Waals surface area contributed by atoms with Crippen molar-refractivity contribution in [3.63, 3.8) is 0 Å². The lowest BCUT2D eigenvalue weighted by molar-refractivity contribution is 0.102. The van der Waals surface area contributed by atoms with Crippen molar-refractivity contribution in [2.45, 2.75) is 33.8 Å². The molecule has 0 aliphatic rings. The van der Waals surface area contributed by atoms with E-state index in [0.29, 0.717) is 10.7 Å². The number of carbonyl (C=O) groups is 1. The zero-order chi connectivity index (χ0) is 17.3. The van der Waals surface area contributed by atoms with Gasteiger partial charge in [0.05, 0.1) is 16.3 Å². The fourth-order valence-electron chi connectivity index (χ4n) is 2.55. The number of amides is 1. The molecule has 0 bridgehead atoms. The van der Waals surface area contributed by atoms with Crippen LogP contribution < -0.4 is 10.1 Å². The van der Waals surface area contributed by atoms with Gasteiger partial charge >= 0.3 is 0 Å². The van der Waals surface area contributed by atoms with E-state index in [9.17, 15) is 4.79 Å². The molecular weight excluding hydrogens is 320 g/mol. The van der Waals surface area contributed by atoms with Crippen molar-refractivity contribution in [3.8, 4) is 5.75 Å². The maximum absolute atomic E-state index is 12.4. The smallest absolute Gasteiger partial charge is 0.257 e. The van der Waals surface area contributed by atoms with Gasteiger partial charge in [-0.15, -0.1) is 0 Å². The Morgan fingerprint density at radius 2 is 1.88 bits per heavy atom. The molecule has 0 atom stereocenters. The van der Waals surface area contributed by atoms with Crippen LogP contribution in [0.5, 0.6) is 5.75 Å². The summed E-state index contributed by atoms with van der Waals surface area (Å²) in [5.74, 6) is 0.590. The summed E-state index contributed by atoms with van der Waals surface area (Å²) in [5, 5.41) is 3.50. The molecule has 0 fully saturated rings. The first-order valence-corrected chi connectivity index (χ1v) is 8.70. The van der Waals surface area contributed by atoms with Crippen LogP contribution in [0, 0.1) is 13.8 Å². The summed E-state index contributed by atoms with van der Waals surface area (Å²) in [6.45, 7) is 8.04. The number of rotatable bonds is 4. The minimum atomic E-state index is -0.167. The summed E-state index contributed by atoms with van der Waals surface area (Å²) in [4.78, 5) is 16.9. The minimum absolute atomic E-state index is 0.110. The molecule has 3 rings (SSSR count). The maximum Gasteiger partial charge on any atom is 0.257 e. The second-order valence-electron chi connectivity index (χ2n) is 6.09. The summed E-state index contributed by atoms with van der Waals surface area (Å²) in [5.41, 5.74) is 3.85. The average Bonchev–Trinajstić information content (AvgIpc) is 2.90. The van der Waals surface area contributed by atoms with Gasteiger partial charge in [0.1, 0.15) is 5.75 Å². The normalized spacial score (nSPS) is 11.0. The van der Waals surface area contributed by atoms with Gasteiger partial charge in [-0.25, -0.2) is 4.98 Å². The van der Waals surface area contributed by atoms with E-state index in [4.69, 9.17) is 4.74 Å². The van der Waals surface area contributed by atoms with Crippen LogP contribution in [0.2, 0.25) is 0 Å². The first-order chi connectivity index (χ1) is 11.4. The predicted molar refractivity (Wildman–Crippen MR) is 99.3 cm³/mol. The van der Waals surface area contributed by atoms with Gasteiger partial charge in [0, 0.05) is 5.56 Å². The third-order valence-corrected chi connectivity index (χ3v) is 4.46. The quantitative estimate of drug-likeness (QED) is 0.731. The highest BCUT2D eigenvalue weighted by molar-refractivity contribution is 7.22. The number of carbonyl (C=O) groups excluding carboxylic acids is 1. The Kier molecular flexibility index (Phi) is 4.53. The van der Waals surface area contributed by atoms with E-state index in [1.165, 1.54) is 16.9 Å². The lowest BCUT2D eigenvalue weighted by Crippen LogP contribution is -2.12. The molecule has 0 aliphatic carbocycles. The lowest BCUT2D eigenvalue weighted by atomic mass is 10.1. The van der Waals surface area contributed by atoms with Crippen LogP contribution in [0.4, 0.5) is 5.13 Å². The Balaban J connectivity index is 1.78. The first kappa shape index (κ1) is 16.5. The summed E-state index contributed by atoms with van der Waals surface area (Å²) in [7, 11) is 0. The molecule has 1 N–H and O–H groups in total. The Morgan fingerprint density at radius 3 is 2.54 bits per heavy atom. The monoisotopic (exact) mass is 340 g/mol. The van der Waals surface area contributed by atoms with Gasteiger partial charge in [0.25, 0.3) is 5.91 Å². The van der Waals surface area contributed by atoms with Crippen molar-refractivity contribution in [1.82, 2.24) is 4.98 Å².